The third-order valence-electron chi connectivity index (χ3n) is 3.23. The molecule has 1 saturated heterocycles. The van der Waals surface area contributed by atoms with Crippen LogP contribution in [0.15, 0.2) is 36.0 Å². The van der Waals surface area contributed by atoms with Gasteiger partial charge in [-0.25, -0.2) is 0 Å². The van der Waals surface area contributed by atoms with Crippen LogP contribution in [0, 0.1) is 0 Å². The molecule has 0 aliphatic carbocycles. The zero-order chi connectivity index (χ0) is 14.8. The second-order valence-corrected chi connectivity index (χ2v) is 6.83. The molecule has 0 radical (unpaired) electrons. The van der Waals surface area contributed by atoms with Crippen LogP contribution in [0.5, 0.6) is 5.75 Å². The maximum Gasteiger partial charge on any atom is 0.173 e. The molecule has 0 amide bonds. The summed E-state index contributed by atoms with van der Waals surface area (Å²) in [5, 5.41) is 31.1. The van der Waals surface area contributed by atoms with Gasteiger partial charge in [0.25, 0.3) is 0 Å². The van der Waals surface area contributed by atoms with Gasteiger partial charge in [-0.2, -0.15) is 0 Å². The highest BCUT2D eigenvalue weighted by molar-refractivity contribution is 7.99. The number of rotatable bonds is 3. The van der Waals surface area contributed by atoms with Crippen molar-refractivity contribution in [3.05, 3.63) is 36.0 Å². The van der Waals surface area contributed by atoms with E-state index in [1.54, 1.807) is 23.7 Å². The molecule has 7 heteroatoms. The Morgan fingerprint density at radius 2 is 2.05 bits per heavy atom. The molecule has 3 N–H and O–H groups in total. The van der Waals surface area contributed by atoms with Crippen molar-refractivity contribution in [1.82, 2.24) is 4.98 Å². The molecule has 3 heterocycles. The summed E-state index contributed by atoms with van der Waals surface area (Å²) in [5.74, 6) is 0.849. The number of nitrogens with zero attached hydrogens (tertiary/aromatic N) is 1. The Morgan fingerprint density at radius 1 is 1.19 bits per heavy atom. The van der Waals surface area contributed by atoms with E-state index in [0.29, 0.717) is 11.5 Å². The third kappa shape index (κ3) is 3.22. The largest absolute Gasteiger partial charge is 0.475 e. The molecule has 2 aromatic rings. The Labute approximate surface area is 130 Å². The Kier molecular flexibility index (Phi) is 4.46. The van der Waals surface area contributed by atoms with Gasteiger partial charge < -0.3 is 20.1 Å². The molecular weight excluding hydrogens is 310 g/mol. The Bertz CT molecular complexity index is 592. The van der Waals surface area contributed by atoms with Gasteiger partial charge in [0.1, 0.15) is 18.0 Å². The highest BCUT2D eigenvalue weighted by Crippen LogP contribution is 2.31. The molecule has 2 aromatic heterocycles. The SMILES string of the molecule is O[C@@H]1[C@@H](O)[C@@H](Oc2cncc(-c3cccs3)c2)SC[C@H]1O. The van der Waals surface area contributed by atoms with Crippen LogP contribution >= 0.6 is 23.1 Å². The third-order valence-corrected chi connectivity index (χ3v) is 5.38. The summed E-state index contributed by atoms with van der Waals surface area (Å²) in [6.07, 6.45) is 0.0676. The number of thioether (sulfide) groups is 1. The van der Waals surface area contributed by atoms with E-state index in [1.807, 2.05) is 23.6 Å². The van der Waals surface area contributed by atoms with E-state index < -0.39 is 23.7 Å². The Morgan fingerprint density at radius 3 is 2.81 bits per heavy atom. The quantitative estimate of drug-likeness (QED) is 0.790. The van der Waals surface area contributed by atoms with Gasteiger partial charge in [-0.1, -0.05) is 6.07 Å². The van der Waals surface area contributed by atoms with Crippen molar-refractivity contribution < 1.29 is 20.1 Å². The minimum absolute atomic E-state index is 0.320. The molecule has 1 aliphatic heterocycles. The van der Waals surface area contributed by atoms with Gasteiger partial charge in [-0.05, 0) is 17.5 Å². The molecule has 0 spiro atoms. The fourth-order valence-corrected chi connectivity index (χ4v) is 3.91. The Hall–Kier alpha value is -1.12. The second-order valence-electron chi connectivity index (χ2n) is 4.75. The zero-order valence-corrected chi connectivity index (χ0v) is 12.6. The van der Waals surface area contributed by atoms with Crippen molar-refractivity contribution >= 4 is 23.1 Å². The van der Waals surface area contributed by atoms with Crippen LogP contribution in [0.1, 0.15) is 0 Å². The van der Waals surface area contributed by atoms with E-state index in [9.17, 15) is 15.3 Å². The number of thiophene rings is 1. The highest BCUT2D eigenvalue weighted by atomic mass is 32.2. The summed E-state index contributed by atoms with van der Waals surface area (Å²) in [4.78, 5) is 5.23. The first-order chi connectivity index (χ1) is 10.1. The average Bonchev–Trinajstić information content (AvgIpc) is 3.03. The zero-order valence-electron chi connectivity index (χ0n) is 11.0. The van der Waals surface area contributed by atoms with Crippen LogP contribution in [0.25, 0.3) is 10.4 Å². The minimum atomic E-state index is -1.19. The molecule has 0 aromatic carbocycles. The molecule has 112 valence electrons. The minimum Gasteiger partial charge on any atom is -0.475 e. The van der Waals surface area contributed by atoms with Gasteiger partial charge in [0.2, 0.25) is 0 Å². The molecule has 0 bridgehead atoms. The van der Waals surface area contributed by atoms with Crippen molar-refractivity contribution in [1.29, 1.82) is 0 Å². The first-order valence-corrected chi connectivity index (χ1v) is 8.39. The number of hydrogen-bond acceptors (Lipinski definition) is 7. The van der Waals surface area contributed by atoms with E-state index in [0.717, 1.165) is 10.4 Å². The first-order valence-electron chi connectivity index (χ1n) is 6.46. The van der Waals surface area contributed by atoms with Gasteiger partial charge >= 0.3 is 0 Å². The number of pyridine rings is 1. The van der Waals surface area contributed by atoms with E-state index in [1.165, 1.54) is 11.8 Å². The van der Waals surface area contributed by atoms with Gasteiger partial charge in [-0.15, -0.1) is 23.1 Å². The summed E-state index contributed by atoms with van der Waals surface area (Å²) in [7, 11) is 0. The smallest absolute Gasteiger partial charge is 0.173 e. The lowest BCUT2D eigenvalue weighted by Gasteiger charge is -2.34. The summed E-state index contributed by atoms with van der Waals surface area (Å²) in [6.45, 7) is 0. The van der Waals surface area contributed by atoms with Crippen LogP contribution in [-0.4, -0.2) is 49.8 Å². The Balaban J connectivity index is 1.75. The van der Waals surface area contributed by atoms with Gasteiger partial charge in [-0.3, -0.25) is 4.98 Å². The van der Waals surface area contributed by atoms with Gasteiger partial charge in [0.05, 0.1) is 12.3 Å². The van der Waals surface area contributed by atoms with Crippen molar-refractivity contribution in [2.45, 2.75) is 23.7 Å². The molecule has 0 saturated carbocycles. The van der Waals surface area contributed by atoms with E-state index in [4.69, 9.17) is 4.74 Å². The predicted octanol–water partition coefficient (Wildman–Crippen LogP) is 1.34. The molecule has 3 rings (SSSR count). The van der Waals surface area contributed by atoms with E-state index >= 15 is 0 Å². The molecular formula is C14H15NO4S2. The monoisotopic (exact) mass is 325 g/mol. The molecule has 4 atom stereocenters. The topological polar surface area (TPSA) is 82.8 Å². The van der Waals surface area contributed by atoms with E-state index in [-0.39, 0.29) is 0 Å². The van der Waals surface area contributed by atoms with Crippen molar-refractivity contribution in [3.63, 3.8) is 0 Å². The van der Waals surface area contributed by atoms with Crippen LogP contribution in [0.4, 0.5) is 0 Å². The molecule has 21 heavy (non-hydrogen) atoms. The van der Waals surface area contributed by atoms with Crippen molar-refractivity contribution in [3.8, 4) is 16.2 Å². The fourth-order valence-electron chi connectivity index (χ4n) is 2.08. The number of aliphatic hydroxyl groups excluding tert-OH is 3. The van der Waals surface area contributed by atoms with Crippen molar-refractivity contribution in [2.75, 3.05) is 5.75 Å². The summed E-state index contributed by atoms with van der Waals surface area (Å²) in [5.41, 5.74) is 0.321. The molecule has 1 fully saturated rings. The van der Waals surface area contributed by atoms with Crippen LogP contribution in [-0.2, 0) is 0 Å². The molecule has 1 aliphatic rings. The van der Waals surface area contributed by atoms with Crippen LogP contribution < -0.4 is 4.74 Å². The molecule has 0 unspecified atom stereocenters. The van der Waals surface area contributed by atoms with Gasteiger partial charge in [0, 0.05) is 22.4 Å². The standard InChI is InChI=1S/C14H15NO4S2/c16-10-7-21-14(13(18)12(10)17)19-9-4-8(5-15-6-9)11-2-1-3-20-11/h1-6,10,12-14,16-18H,7H2/t10-,12+,13-,14+/m1/s1. The maximum atomic E-state index is 9.95. The van der Waals surface area contributed by atoms with Crippen LogP contribution in [0.3, 0.4) is 0 Å². The lowest BCUT2D eigenvalue weighted by atomic mass is 10.1. The van der Waals surface area contributed by atoms with Crippen LogP contribution in [0.2, 0.25) is 0 Å². The fraction of sp³-hybridized carbons (Fsp3) is 0.357. The number of ether oxygens (including phenoxy) is 1. The summed E-state index contributed by atoms with van der Waals surface area (Å²) < 4.78 is 5.71. The number of hydrogen-bond donors (Lipinski definition) is 3. The second kappa shape index (κ2) is 6.33. The lowest BCUT2D eigenvalue weighted by Crippen LogP contribution is -2.50. The predicted molar refractivity (Wildman–Crippen MR) is 82.4 cm³/mol. The van der Waals surface area contributed by atoms with Gasteiger partial charge in [0.15, 0.2) is 5.44 Å². The normalized spacial score (nSPS) is 29.3. The highest BCUT2D eigenvalue weighted by Gasteiger charge is 2.38. The lowest BCUT2D eigenvalue weighted by molar-refractivity contribution is -0.0786. The maximum absolute atomic E-state index is 9.95. The van der Waals surface area contributed by atoms with E-state index in [2.05, 4.69) is 4.98 Å². The first kappa shape index (κ1) is 14.8. The van der Waals surface area contributed by atoms with Crippen molar-refractivity contribution in [2.24, 2.45) is 0 Å². The summed E-state index contributed by atoms with van der Waals surface area (Å²) in [6, 6.07) is 5.81. The number of aromatic nitrogens is 1. The average molecular weight is 325 g/mol. The molecule has 5 nitrogen and oxygen atoms in total. The summed E-state index contributed by atoms with van der Waals surface area (Å²) >= 11 is 2.88. The number of aliphatic hydroxyl groups is 3.